The molecule has 0 aliphatic heterocycles. The first kappa shape index (κ1) is 17.6. The van der Waals surface area contributed by atoms with Crippen molar-refractivity contribution in [2.45, 2.75) is 26.4 Å². The van der Waals surface area contributed by atoms with Crippen LogP contribution in [0.2, 0.25) is 5.02 Å². The Hall–Kier alpha value is -1.46. The summed E-state index contributed by atoms with van der Waals surface area (Å²) in [4.78, 5) is 4.46. The lowest BCUT2D eigenvalue weighted by molar-refractivity contribution is 0.205. The maximum Gasteiger partial charge on any atom is 0.191 e. The normalized spacial score (nSPS) is 12.9. The van der Waals surface area contributed by atoms with Crippen LogP contribution in [0.15, 0.2) is 29.3 Å². The van der Waals surface area contributed by atoms with Crippen LogP contribution in [0.4, 0.5) is 0 Å². The molecule has 118 valence electrons. The summed E-state index contributed by atoms with van der Waals surface area (Å²) in [5.74, 6) is 1.35. The highest BCUT2D eigenvalue weighted by atomic mass is 35.5. The Bertz CT molecular complexity index is 441. The maximum atomic E-state index is 8.85. The fraction of sp³-hybridized carbons (Fsp3) is 0.533. The molecule has 0 radical (unpaired) electrons. The minimum absolute atomic E-state index is 0.0468. The van der Waals surface area contributed by atoms with E-state index in [0.29, 0.717) is 29.8 Å². The molecule has 5 nitrogen and oxygen atoms in total. The summed E-state index contributed by atoms with van der Waals surface area (Å²) < 4.78 is 5.88. The summed E-state index contributed by atoms with van der Waals surface area (Å²) in [6.07, 6.45) is 0.781. The van der Waals surface area contributed by atoms with Gasteiger partial charge in [-0.05, 0) is 25.5 Å². The molecular formula is C15H24ClN3O2. The number of nitrogens with one attached hydrogen (secondary N) is 2. The molecule has 0 amide bonds. The molecule has 0 saturated carbocycles. The molecule has 3 N–H and O–H groups in total. The van der Waals surface area contributed by atoms with E-state index in [2.05, 4.69) is 15.6 Å². The topological polar surface area (TPSA) is 65.9 Å². The molecule has 0 aliphatic rings. The standard InChI is InChI=1S/C15H24ClN3O2/c1-3-12(21-14-8-6-5-7-13(14)16)11-19-15(17-4-2)18-9-10-20/h5-8,12,20H,3-4,9-11H2,1-2H3,(H2,17,18,19). The van der Waals surface area contributed by atoms with Gasteiger partial charge in [-0.15, -0.1) is 0 Å². The molecule has 0 heterocycles. The number of aliphatic hydroxyl groups excluding tert-OH is 1. The monoisotopic (exact) mass is 313 g/mol. The number of rotatable bonds is 8. The predicted molar refractivity (Wildman–Crippen MR) is 87.2 cm³/mol. The third-order valence-electron chi connectivity index (χ3n) is 2.79. The summed E-state index contributed by atoms with van der Waals surface area (Å²) in [6, 6.07) is 7.42. The quantitative estimate of drug-likeness (QED) is 0.507. The van der Waals surface area contributed by atoms with Gasteiger partial charge in [-0.25, -0.2) is 4.99 Å². The van der Waals surface area contributed by atoms with E-state index in [-0.39, 0.29) is 12.7 Å². The van der Waals surface area contributed by atoms with Crippen LogP contribution in [0.3, 0.4) is 0 Å². The lowest BCUT2D eigenvalue weighted by atomic mass is 10.2. The number of halogens is 1. The van der Waals surface area contributed by atoms with E-state index in [1.54, 1.807) is 6.07 Å². The average molecular weight is 314 g/mol. The summed E-state index contributed by atoms with van der Waals surface area (Å²) in [5, 5.41) is 15.6. The average Bonchev–Trinajstić information content (AvgIpc) is 2.50. The van der Waals surface area contributed by atoms with Crippen molar-refractivity contribution in [3.05, 3.63) is 29.3 Å². The molecule has 0 aliphatic carbocycles. The smallest absolute Gasteiger partial charge is 0.191 e. The van der Waals surface area contributed by atoms with Gasteiger partial charge >= 0.3 is 0 Å². The maximum absolute atomic E-state index is 8.85. The Labute approximate surface area is 131 Å². The second-order valence-electron chi connectivity index (χ2n) is 4.45. The number of ether oxygens (including phenoxy) is 1. The SMILES string of the molecule is CCNC(=NCC(CC)Oc1ccccc1Cl)NCCO. The summed E-state index contributed by atoms with van der Waals surface area (Å²) in [7, 11) is 0. The number of aliphatic imine (C=N–C) groups is 1. The summed E-state index contributed by atoms with van der Waals surface area (Å²) >= 11 is 6.09. The number of hydrogen-bond acceptors (Lipinski definition) is 3. The molecule has 1 aromatic rings. The van der Waals surface area contributed by atoms with Crippen molar-refractivity contribution in [3.63, 3.8) is 0 Å². The van der Waals surface area contributed by atoms with Gasteiger partial charge in [-0.1, -0.05) is 30.7 Å². The molecule has 1 rings (SSSR count). The van der Waals surface area contributed by atoms with Gasteiger partial charge in [0.25, 0.3) is 0 Å². The van der Waals surface area contributed by atoms with Crippen LogP contribution >= 0.6 is 11.6 Å². The molecule has 1 atom stereocenters. The van der Waals surface area contributed by atoms with Gasteiger partial charge in [0.2, 0.25) is 0 Å². The Morgan fingerprint density at radius 3 is 2.71 bits per heavy atom. The van der Waals surface area contributed by atoms with Gasteiger partial charge in [0.15, 0.2) is 5.96 Å². The van der Waals surface area contributed by atoms with Crippen LogP contribution in [0.1, 0.15) is 20.3 Å². The van der Waals surface area contributed by atoms with Crippen molar-refractivity contribution >= 4 is 17.6 Å². The molecule has 6 heteroatoms. The van der Waals surface area contributed by atoms with E-state index in [9.17, 15) is 0 Å². The lowest BCUT2D eigenvalue weighted by Gasteiger charge is -2.17. The number of guanidine groups is 1. The highest BCUT2D eigenvalue weighted by Gasteiger charge is 2.10. The van der Waals surface area contributed by atoms with Crippen LogP contribution in [0, 0.1) is 0 Å². The lowest BCUT2D eigenvalue weighted by Crippen LogP contribution is -2.39. The molecule has 0 bridgehead atoms. The Morgan fingerprint density at radius 1 is 1.33 bits per heavy atom. The molecule has 1 unspecified atom stereocenters. The first-order valence-corrected chi connectivity index (χ1v) is 7.63. The molecule has 1 aromatic carbocycles. The van der Waals surface area contributed by atoms with Crippen molar-refractivity contribution in [2.75, 3.05) is 26.2 Å². The number of benzene rings is 1. The van der Waals surface area contributed by atoms with Crippen molar-refractivity contribution in [1.82, 2.24) is 10.6 Å². The van der Waals surface area contributed by atoms with Gasteiger partial charge in [0.05, 0.1) is 18.2 Å². The Balaban J connectivity index is 2.61. The predicted octanol–water partition coefficient (Wildman–Crippen LogP) is 2.04. The van der Waals surface area contributed by atoms with Gasteiger partial charge in [0, 0.05) is 13.1 Å². The number of hydrogen-bond donors (Lipinski definition) is 3. The second-order valence-corrected chi connectivity index (χ2v) is 4.86. The molecule has 0 aromatic heterocycles. The van der Waals surface area contributed by atoms with E-state index in [1.165, 1.54) is 0 Å². The van der Waals surface area contributed by atoms with Crippen LogP contribution < -0.4 is 15.4 Å². The van der Waals surface area contributed by atoms with E-state index >= 15 is 0 Å². The van der Waals surface area contributed by atoms with Crippen molar-refractivity contribution in [1.29, 1.82) is 0 Å². The minimum atomic E-state index is -0.0468. The van der Waals surface area contributed by atoms with Gasteiger partial charge in [-0.2, -0.15) is 0 Å². The van der Waals surface area contributed by atoms with Crippen LogP contribution in [-0.4, -0.2) is 43.4 Å². The van der Waals surface area contributed by atoms with Crippen LogP contribution in [0.25, 0.3) is 0 Å². The highest BCUT2D eigenvalue weighted by molar-refractivity contribution is 6.32. The van der Waals surface area contributed by atoms with Crippen molar-refractivity contribution < 1.29 is 9.84 Å². The first-order valence-electron chi connectivity index (χ1n) is 7.25. The fourth-order valence-corrected chi connectivity index (χ4v) is 1.86. The van der Waals surface area contributed by atoms with Crippen molar-refractivity contribution in [2.24, 2.45) is 4.99 Å². The number of para-hydroxylation sites is 1. The molecule has 21 heavy (non-hydrogen) atoms. The molecular weight excluding hydrogens is 290 g/mol. The zero-order chi connectivity index (χ0) is 15.5. The Morgan fingerprint density at radius 2 is 2.10 bits per heavy atom. The highest BCUT2D eigenvalue weighted by Crippen LogP contribution is 2.24. The zero-order valence-corrected chi connectivity index (χ0v) is 13.4. The molecule has 0 fully saturated rings. The number of nitrogens with zero attached hydrogens (tertiary/aromatic N) is 1. The van der Waals surface area contributed by atoms with Gasteiger partial charge in [0.1, 0.15) is 11.9 Å². The third-order valence-corrected chi connectivity index (χ3v) is 3.10. The van der Waals surface area contributed by atoms with Crippen molar-refractivity contribution in [3.8, 4) is 5.75 Å². The fourth-order valence-electron chi connectivity index (χ4n) is 1.68. The molecule has 0 saturated heterocycles. The van der Waals surface area contributed by atoms with E-state index in [1.807, 2.05) is 32.0 Å². The summed E-state index contributed by atoms with van der Waals surface area (Å²) in [6.45, 7) is 5.85. The second kappa shape index (κ2) is 10.3. The third kappa shape index (κ3) is 6.69. The van der Waals surface area contributed by atoms with Gasteiger partial charge in [-0.3, -0.25) is 0 Å². The summed E-state index contributed by atoms with van der Waals surface area (Å²) in [5.41, 5.74) is 0. The molecule has 0 spiro atoms. The number of aliphatic hydroxyl groups is 1. The largest absolute Gasteiger partial charge is 0.487 e. The van der Waals surface area contributed by atoms with Crippen LogP contribution in [-0.2, 0) is 0 Å². The zero-order valence-electron chi connectivity index (χ0n) is 12.6. The van der Waals surface area contributed by atoms with E-state index in [0.717, 1.165) is 13.0 Å². The van der Waals surface area contributed by atoms with Gasteiger partial charge < -0.3 is 20.5 Å². The van der Waals surface area contributed by atoms with Crippen LogP contribution in [0.5, 0.6) is 5.75 Å². The van der Waals surface area contributed by atoms with E-state index < -0.39 is 0 Å². The first-order chi connectivity index (χ1) is 10.2. The Kier molecular flexibility index (Phi) is 8.62. The van der Waals surface area contributed by atoms with E-state index in [4.69, 9.17) is 21.4 Å². The minimum Gasteiger partial charge on any atom is -0.487 e.